The number of hydrogen-bond acceptors (Lipinski definition) is 4. The van der Waals surface area contributed by atoms with Crippen LogP contribution in [0.15, 0.2) is 24.3 Å². The molecule has 1 aromatic heterocycles. The number of nitrogens with zero attached hydrogens (tertiary/aromatic N) is 1. The van der Waals surface area contributed by atoms with Crippen LogP contribution in [0.1, 0.15) is 0 Å². The monoisotopic (exact) mass is 204 g/mol. The lowest BCUT2D eigenvalue weighted by atomic mass is 10.0. The molecule has 14 heavy (non-hydrogen) atoms. The number of rotatable bonds is 4. The second-order valence-corrected chi connectivity index (χ2v) is 3.68. The summed E-state index contributed by atoms with van der Waals surface area (Å²) in [4.78, 5) is 0. The predicted molar refractivity (Wildman–Crippen MR) is 62.9 cm³/mol. The van der Waals surface area contributed by atoms with E-state index >= 15 is 0 Å². The van der Waals surface area contributed by atoms with Gasteiger partial charge in [-0.25, -0.2) is 0 Å². The number of nitrogens with one attached hydrogen (secondary N) is 2. The third-order valence-electron chi connectivity index (χ3n) is 1.94. The Morgan fingerprint density at radius 2 is 2.29 bits per heavy atom. The van der Waals surface area contributed by atoms with Crippen molar-refractivity contribution in [2.75, 3.05) is 12.0 Å². The summed E-state index contributed by atoms with van der Waals surface area (Å²) in [6, 6.07) is 8.22. The Morgan fingerprint density at radius 3 is 3.14 bits per heavy atom. The van der Waals surface area contributed by atoms with Gasteiger partial charge >= 0.3 is 0 Å². The standard InChI is InChI=1S/C9H11BN3S/c1-10-12-6-11-9-7-4-2-3-5-8(7)14-13-9/h2-5,12H,6H2,1H3,(H,11,13). The number of hydrogen-bond donors (Lipinski definition) is 2. The molecule has 0 aliphatic heterocycles. The molecule has 0 fully saturated rings. The van der Waals surface area contributed by atoms with E-state index < -0.39 is 0 Å². The van der Waals surface area contributed by atoms with Crippen molar-refractivity contribution in [2.24, 2.45) is 0 Å². The predicted octanol–water partition coefficient (Wildman–Crippen LogP) is 1.92. The van der Waals surface area contributed by atoms with Gasteiger partial charge < -0.3 is 10.5 Å². The third kappa shape index (κ3) is 1.88. The van der Waals surface area contributed by atoms with Crippen LogP contribution in [0.2, 0.25) is 6.82 Å². The molecule has 1 heterocycles. The van der Waals surface area contributed by atoms with E-state index in [9.17, 15) is 0 Å². The Bertz CT molecular complexity index is 415. The zero-order valence-electron chi connectivity index (χ0n) is 7.95. The van der Waals surface area contributed by atoms with Crippen LogP contribution < -0.4 is 10.5 Å². The molecule has 0 unspecified atom stereocenters. The van der Waals surface area contributed by atoms with Crippen LogP contribution in [0.5, 0.6) is 0 Å². The van der Waals surface area contributed by atoms with Crippen LogP contribution in [0.25, 0.3) is 10.1 Å². The van der Waals surface area contributed by atoms with Gasteiger partial charge in [0.25, 0.3) is 0 Å². The second-order valence-electron chi connectivity index (χ2n) is 2.87. The topological polar surface area (TPSA) is 37.0 Å². The van der Waals surface area contributed by atoms with Crippen molar-refractivity contribution < 1.29 is 0 Å². The molecule has 71 valence electrons. The highest BCUT2D eigenvalue weighted by Gasteiger charge is 2.02. The fraction of sp³-hybridized carbons (Fsp3) is 0.222. The number of anilines is 1. The fourth-order valence-electron chi connectivity index (χ4n) is 1.25. The molecular formula is C9H11BN3S. The minimum absolute atomic E-state index is 0.713. The van der Waals surface area contributed by atoms with Crippen molar-refractivity contribution in [3.05, 3.63) is 24.3 Å². The summed E-state index contributed by atoms with van der Waals surface area (Å²) in [5, 5.41) is 7.50. The van der Waals surface area contributed by atoms with E-state index in [1.54, 1.807) is 0 Å². The Balaban J connectivity index is 2.17. The van der Waals surface area contributed by atoms with Gasteiger partial charge in [-0.05, 0) is 23.7 Å². The van der Waals surface area contributed by atoms with Crippen LogP contribution in [-0.4, -0.2) is 18.5 Å². The summed E-state index contributed by atoms with van der Waals surface area (Å²) in [5.74, 6) is 0.958. The zero-order chi connectivity index (χ0) is 9.80. The van der Waals surface area contributed by atoms with Gasteiger partial charge in [0.2, 0.25) is 7.41 Å². The van der Waals surface area contributed by atoms with E-state index in [4.69, 9.17) is 0 Å². The maximum atomic E-state index is 4.34. The Hall–Kier alpha value is -1.07. The number of fused-ring (bicyclic) bond motifs is 1. The van der Waals surface area contributed by atoms with Gasteiger partial charge in [-0.1, -0.05) is 19.0 Å². The van der Waals surface area contributed by atoms with E-state index in [1.807, 2.05) is 26.4 Å². The van der Waals surface area contributed by atoms with Crippen LogP contribution in [-0.2, 0) is 0 Å². The first-order valence-corrected chi connectivity index (χ1v) is 5.28. The average Bonchev–Trinajstić information content (AvgIpc) is 2.63. The van der Waals surface area contributed by atoms with Gasteiger partial charge in [0, 0.05) is 5.39 Å². The largest absolute Gasteiger partial charge is 0.357 e. The molecule has 0 atom stereocenters. The fourth-order valence-corrected chi connectivity index (χ4v) is 2.01. The van der Waals surface area contributed by atoms with Crippen LogP contribution >= 0.6 is 11.5 Å². The molecule has 5 heteroatoms. The molecule has 2 aromatic rings. The summed E-state index contributed by atoms with van der Waals surface area (Å²) < 4.78 is 5.56. The first kappa shape index (κ1) is 9.49. The van der Waals surface area contributed by atoms with E-state index in [-0.39, 0.29) is 0 Å². The molecule has 1 radical (unpaired) electrons. The van der Waals surface area contributed by atoms with E-state index in [0.29, 0.717) is 6.67 Å². The normalized spacial score (nSPS) is 10.4. The van der Waals surface area contributed by atoms with Gasteiger partial charge in [0.15, 0.2) is 0 Å². The molecule has 0 saturated heterocycles. The lowest BCUT2D eigenvalue weighted by molar-refractivity contribution is 1.01. The summed E-state index contributed by atoms with van der Waals surface area (Å²) in [6.45, 7) is 2.67. The number of benzene rings is 1. The zero-order valence-corrected chi connectivity index (χ0v) is 8.77. The van der Waals surface area contributed by atoms with Gasteiger partial charge in [0.1, 0.15) is 5.82 Å². The highest BCUT2D eigenvalue weighted by molar-refractivity contribution is 7.13. The highest BCUT2D eigenvalue weighted by Crippen LogP contribution is 2.25. The average molecular weight is 204 g/mol. The van der Waals surface area contributed by atoms with Crippen LogP contribution in [0.4, 0.5) is 5.82 Å². The maximum Gasteiger partial charge on any atom is 0.203 e. The molecule has 0 amide bonds. The molecule has 0 bridgehead atoms. The van der Waals surface area contributed by atoms with Crippen molar-refractivity contribution in [3.8, 4) is 0 Å². The molecule has 0 saturated carbocycles. The van der Waals surface area contributed by atoms with Gasteiger partial charge in [-0.3, -0.25) is 0 Å². The molecule has 0 aliphatic carbocycles. The third-order valence-corrected chi connectivity index (χ3v) is 2.77. The molecule has 0 aliphatic rings. The molecular weight excluding hydrogens is 193 g/mol. The summed E-state index contributed by atoms with van der Waals surface area (Å²) in [5.41, 5.74) is 0. The maximum absolute atomic E-state index is 4.34. The minimum atomic E-state index is 0.713. The van der Waals surface area contributed by atoms with Gasteiger partial charge in [0.05, 0.1) is 11.4 Å². The lowest BCUT2D eigenvalue weighted by Crippen LogP contribution is -2.23. The minimum Gasteiger partial charge on any atom is -0.357 e. The van der Waals surface area contributed by atoms with Crippen molar-refractivity contribution >= 4 is 34.9 Å². The van der Waals surface area contributed by atoms with E-state index in [2.05, 4.69) is 27.1 Å². The highest BCUT2D eigenvalue weighted by atomic mass is 32.1. The van der Waals surface area contributed by atoms with Crippen molar-refractivity contribution in [1.29, 1.82) is 0 Å². The Kier molecular flexibility index (Phi) is 3.01. The second kappa shape index (κ2) is 4.44. The van der Waals surface area contributed by atoms with Crippen molar-refractivity contribution in [2.45, 2.75) is 6.82 Å². The Morgan fingerprint density at radius 1 is 1.43 bits per heavy atom. The van der Waals surface area contributed by atoms with Gasteiger partial charge in [-0.2, -0.15) is 4.37 Å². The van der Waals surface area contributed by atoms with Crippen molar-refractivity contribution in [1.82, 2.24) is 9.60 Å². The van der Waals surface area contributed by atoms with Crippen molar-refractivity contribution in [3.63, 3.8) is 0 Å². The van der Waals surface area contributed by atoms with Crippen LogP contribution in [0, 0.1) is 0 Å². The van der Waals surface area contributed by atoms with E-state index in [0.717, 1.165) is 5.82 Å². The van der Waals surface area contributed by atoms with Crippen LogP contribution in [0.3, 0.4) is 0 Å². The first-order valence-electron chi connectivity index (χ1n) is 4.51. The molecule has 2 N–H and O–H groups in total. The first-order chi connectivity index (χ1) is 6.92. The molecule has 0 spiro atoms. The van der Waals surface area contributed by atoms with Gasteiger partial charge in [-0.15, -0.1) is 0 Å². The molecule has 1 aromatic carbocycles. The number of aromatic nitrogens is 1. The lowest BCUT2D eigenvalue weighted by Gasteiger charge is -2.02. The quantitative estimate of drug-likeness (QED) is 0.453. The Labute approximate surface area is 88.0 Å². The SMILES string of the molecule is C[B]NCNc1nsc2ccccc12. The summed E-state index contributed by atoms with van der Waals surface area (Å²) in [7, 11) is 1.90. The van der Waals surface area contributed by atoms with E-state index in [1.165, 1.54) is 21.6 Å². The summed E-state index contributed by atoms with van der Waals surface area (Å²) >= 11 is 1.52. The molecule has 3 nitrogen and oxygen atoms in total. The molecule has 2 rings (SSSR count). The summed E-state index contributed by atoms with van der Waals surface area (Å²) in [6.07, 6.45) is 0. The smallest absolute Gasteiger partial charge is 0.203 e.